The Morgan fingerprint density at radius 3 is 2.67 bits per heavy atom. The van der Waals surface area contributed by atoms with Crippen LogP contribution in [0.5, 0.6) is 0 Å². The highest BCUT2D eigenvalue weighted by Gasteiger charge is 2.48. The van der Waals surface area contributed by atoms with Gasteiger partial charge in [0, 0.05) is 10.5 Å². The van der Waals surface area contributed by atoms with Crippen LogP contribution in [0.3, 0.4) is 0 Å². The molecule has 148 valence electrons. The van der Waals surface area contributed by atoms with E-state index in [4.69, 9.17) is 10.5 Å². The summed E-state index contributed by atoms with van der Waals surface area (Å²) in [5, 5.41) is 2.91. The highest BCUT2D eigenvalue weighted by molar-refractivity contribution is 9.10. The van der Waals surface area contributed by atoms with Gasteiger partial charge in [-0.3, -0.25) is 9.69 Å². The molecule has 2 unspecified atom stereocenters. The fourth-order valence-corrected chi connectivity index (χ4v) is 4.49. The van der Waals surface area contributed by atoms with Crippen molar-refractivity contribution in [3.05, 3.63) is 22.7 Å². The zero-order valence-corrected chi connectivity index (χ0v) is 17.7. The molecule has 0 spiro atoms. The van der Waals surface area contributed by atoms with Gasteiger partial charge < -0.3 is 15.8 Å². The number of nitrogens with one attached hydrogen (secondary N) is 1. The number of nitrogen functional groups attached to an aromatic ring is 1. The molecule has 0 radical (unpaired) electrons. The van der Waals surface area contributed by atoms with Gasteiger partial charge in [-0.1, -0.05) is 28.8 Å². The van der Waals surface area contributed by atoms with Crippen LogP contribution in [-0.2, 0) is 9.53 Å². The molecule has 1 aliphatic heterocycles. The Balaban J connectivity index is 1.83. The number of anilines is 2. The van der Waals surface area contributed by atoms with E-state index in [2.05, 4.69) is 21.2 Å². The number of hydrogen-bond acceptors (Lipinski definition) is 4. The second kappa shape index (κ2) is 7.70. The largest absolute Gasteiger partial charge is 0.444 e. The highest BCUT2D eigenvalue weighted by atomic mass is 79.9. The lowest BCUT2D eigenvalue weighted by molar-refractivity contribution is -0.120. The van der Waals surface area contributed by atoms with Crippen LogP contribution < -0.4 is 11.1 Å². The maximum atomic E-state index is 13.1. The smallest absolute Gasteiger partial charge is 0.411 e. The van der Waals surface area contributed by atoms with Crippen LogP contribution in [0, 0.1) is 5.92 Å². The van der Waals surface area contributed by atoms with Crippen LogP contribution in [0.4, 0.5) is 16.2 Å². The molecule has 3 atom stereocenters. The van der Waals surface area contributed by atoms with Crippen molar-refractivity contribution in [2.75, 3.05) is 11.1 Å². The van der Waals surface area contributed by atoms with Gasteiger partial charge >= 0.3 is 6.09 Å². The van der Waals surface area contributed by atoms with Gasteiger partial charge in [0.1, 0.15) is 11.6 Å². The van der Waals surface area contributed by atoms with E-state index in [9.17, 15) is 9.59 Å². The van der Waals surface area contributed by atoms with Crippen molar-refractivity contribution < 1.29 is 14.3 Å². The van der Waals surface area contributed by atoms with Crippen LogP contribution >= 0.6 is 15.9 Å². The van der Waals surface area contributed by atoms with Gasteiger partial charge in [-0.05, 0) is 64.2 Å². The number of nitrogens with two attached hydrogens (primary N) is 1. The first-order valence-corrected chi connectivity index (χ1v) is 10.3. The number of nitrogens with zero attached hydrogens (tertiary/aromatic N) is 1. The molecule has 0 bridgehead atoms. The Morgan fingerprint density at radius 2 is 1.96 bits per heavy atom. The second-order valence-corrected chi connectivity index (χ2v) is 9.39. The van der Waals surface area contributed by atoms with Gasteiger partial charge in [0.2, 0.25) is 5.91 Å². The average molecular weight is 438 g/mol. The Bertz CT molecular complexity index is 732. The third-order valence-corrected chi connectivity index (χ3v) is 5.76. The molecule has 1 heterocycles. The summed E-state index contributed by atoms with van der Waals surface area (Å²) in [6.45, 7) is 5.53. The number of likely N-dealkylation sites (tertiary alicyclic amines) is 1. The third-order valence-electron chi connectivity index (χ3n) is 5.27. The van der Waals surface area contributed by atoms with Gasteiger partial charge in [-0.2, -0.15) is 0 Å². The molecular formula is C20H28BrN3O3. The predicted molar refractivity (Wildman–Crippen MR) is 109 cm³/mol. The van der Waals surface area contributed by atoms with Crippen LogP contribution in [0.1, 0.15) is 52.9 Å². The third kappa shape index (κ3) is 4.57. The molecule has 3 rings (SSSR count). The molecule has 27 heavy (non-hydrogen) atoms. The van der Waals surface area contributed by atoms with Crippen LogP contribution in [-0.4, -0.2) is 34.6 Å². The van der Waals surface area contributed by atoms with Gasteiger partial charge in [0.25, 0.3) is 0 Å². The zero-order chi connectivity index (χ0) is 19.8. The van der Waals surface area contributed by atoms with Crippen molar-refractivity contribution in [2.45, 2.75) is 70.6 Å². The number of rotatable bonds is 2. The standard InChI is InChI=1S/C20H28BrN3O3/c1-20(2,3)27-19(26)24-16-7-5-4-6-12(16)10-17(24)18(25)23-15-11-13(21)8-9-14(15)22/h8-9,11-12,16-17H,4-7,10,22H2,1-3H3,(H,23,25)/t12?,16-,17?/m0/s1. The van der Waals surface area contributed by atoms with E-state index in [0.29, 0.717) is 23.7 Å². The molecule has 2 aliphatic rings. The average Bonchev–Trinajstić information content (AvgIpc) is 2.96. The Hall–Kier alpha value is -1.76. The van der Waals surface area contributed by atoms with E-state index in [1.165, 1.54) is 0 Å². The molecule has 1 aromatic carbocycles. The van der Waals surface area contributed by atoms with Gasteiger partial charge in [0.05, 0.1) is 11.4 Å². The number of ether oxygens (including phenoxy) is 1. The number of fused-ring (bicyclic) bond motifs is 1. The van der Waals surface area contributed by atoms with Crippen molar-refractivity contribution in [2.24, 2.45) is 5.92 Å². The number of benzene rings is 1. The minimum Gasteiger partial charge on any atom is -0.444 e. The lowest BCUT2D eigenvalue weighted by atomic mass is 9.85. The summed E-state index contributed by atoms with van der Waals surface area (Å²) in [5.74, 6) is 0.141. The predicted octanol–water partition coefficient (Wildman–Crippen LogP) is 4.54. The summed E-state index contributed by atoms with van der Waals surface area (Å²) in [5.41, 5.74) is 6.43. The van der Waals surface area contributed by atoms with E-state index < -0.39 is 17.7 Å². The lowest BCUT2D eigenvalue weighted by Gasteiger charge is -2.34. The van der Waals surface area contributed by atoms with Crippen molar-refractivity contribution in [1.82, 2.24) is 4.90 Å². The normalized spacial score (nSPS) is 25.0. The summed E-state index contributed by atoms with van der Waals surface area (Å²) in [6.07, 6.45) is 4.46. The molecule has 3 N–H and O–H groups in total. The SMILES string of the molecule is CC(C)(C)OC(=O)N1C(C(=O)Nc2cc(Br)ccc2N)CC2CCCC[C@@H]21. The molecule has 2 amide bonds. The van der Waals surface area contributed by atoms with Crippen LogP contribution in [0.2, 0.25) is 0 Å². The summed E-state index contributed by atoms with van der Waals surface area (Å²) in [4.78, 5) is 27.6. The number of amides is 2. The Kier molecular flexibility index (Phi) is 5.70. The molecule has 6 nitrogen and oxygen atoms in total. The Morgan fingerprint density at radius 1 is 1.26 bits per heavy atom. The van der Waals surface area contributed by atoms with E-state index in [1.54, 1.807) is 17.0 Å². The van der Waals surface area contributed by atoms with E-state index in [1.807, 2.05) is 26.8 Å². The monoisotopic (exact) mass is 437 g/mol. The van der Waals surface area contributed by atoms with Gasteiger partial charge in [0.15, 0.2) is 0 Å². The first-order valence-electron chi connectivity index (χ1n) is 9.53. The highest BCUT2D eigenvalue weighted by Crippen LogP contribution is 2.41. The van der Waals surface area contributed by atoms with Gasteiger partial charge in [-0.25, -0.2) is 4.79 Å². The van der Waals surface area contributed by atoms with Crippen LogP contribution in [0.25, 0.3) is 0 Å². The lowest BCUT2D eigenvalue weighted by Crippen LogP contribution is -2.49. The summed E-state index contributed by atoms with van der Waals surface area (Å²) in [6, 6.07) is 4.87. The maximum Gasteiger partial charge on any atom is 0.411 e. The van der Waals surface area contributed by atoms with Crippen molar-refractivity contribution >= 4 is 39.3 Å². The molecule has 2 fully saturated rings. The van der Waals surface area contributed by atoms with E-state index in [0.717, 1.165) is 30.2 Å². The topological polar surface area (TPSA) is 84.7 Å². The zero-order valence-electron chi connectivity index (χ0n) is 16.1. The second-order valence-electron chi connectivity index (χ2n) is 8.47. The van der Waals surface area contributed by atoms with Crippen molar-refractivity contribution in [3.8, 4) is 0 Å². The molecule has 1 aromatic rings. The number of carbonyl (C=O) groups is 2. The first kappa shape index (κ1) is 20.0. The van der Waals surface area contributed by atoms with Crippen LogP contribution in [0.15, 0.2) is 22.7 Å². The molecule has 7 heteroatoms. The minimum absolute atomic E-state index is 0.0733. The molecule has 0 aromatic heterocycles. The number of carbonyl (C=O) groups excluding carboxylic acids is 2. The number of halogens is 1. The van der Waals surface area contributed by atoms with Crippen molar-refractivity contribution in [3.63, 3.8) is 0 Å². The Labute approximate surface area is 168 Å². The fraction of sp³-hybridized carbons (Fsp3) is 0.600. The van der Waals surface area contributed by atoms with Gasteiger partial charge in [-0.15, -0.1) is 0 Å². The summed E-state index contributed by atoms with van der Waals surface area (Å²) in [7, 11) is 0. The van der Waals surface area contributed by atoms with E-state index >= 15 is 0 Å². The molecule has 1 aliphatic carbocycles. The molecule has 1 saturated carbocycles. The van der Waals surface area contributed by atoms with Crippen molar-refractivity contribution in [1.29, 1.82) is 0 Å². The molecule has 1 saturated heterocycles. The summed E-state index contributed by atoms with van der Waals surface area (Å²) < 4.78 is 6.45. The summed E-state index contributed by atoms with van der Waals surface area (Å²) >= 11 is 3.40. The molecular weight excluding hydrogens is 410 g/mol. The first-order chi connectivity index (χ1) is 12.7. The minimum atomic E-state index is -0.598. The van der Waals surface area contributed by atoms with E-state index in [-0.39, 0.29) is 11.9 Å². The fourth-order valence-electron chi connectivity index (χ4n) is 4.12. The number of hydrogen-bond donors (Lipinski definition) is 2. The maximum absolute atomic E-state index is 13.1. The quantitative estimate of drug-likeness (QED) is 0.665.